The third-order valence-electron chi connectivity index (χ3n) is 11.4. The molecule has 3 aromatic carbocycles. The number of nitrogens with zero attached hydrogens (tertiary/aromatic N) is 2. The van der Waals surface area contributed by atoms with E-state index < -0.39 is 11.9 Å². The molecule has 6 nitrogen and oxygen atoms in total. The molecular formula is C52H80N2O4. The summed E-state index contributed by atoms with van der Waals surface area (Å²) in [5.74, 6) is 2.11. The van der Waals surface area contributed by atoms with Crippen molar-refractivity contribution in [1.29, 1.82) is 0 Å². The SMILES string of the molecule is CCCCC(CCC)C(CCCC)CCCOC(=O)c1ccccc1C(=O)OCCCC(CCCC)C(CCC)CCCC.c1ccc(N=Nc2ccccc2)cc1. The number of unbranched alkanes of at least 4 members (excludes halogenated alkanes) is 4. The lowest BCUT2D eigenvalue weighted by molar-refractivity contribution is 0.0441. The number of ether oxygens (including phenoxy) is 2. The molecule has 4 atom stereocenters. The van der Waals surface area contributed by atoms with Crippen LogP contribution in [0.5, 0.6) is 0 Å². The van der Waals surface area contributed by atoms with Crippen molar-refractivity contribution >= 4 is 23.3 Å². The summed E-state index contributed by atoms with van der Waals surface area (Å²) >= 11 is 0. The predicted molar refractivity (Wildman–Crippen MR) is 244 cm³/mol. The summed E-state index contributed by atoms with van der Waals surface area (Å²) < 4.78 is 11.4. The zero-order chi connectivity index (χ0) is 42.1. The van der Waals surface area contributed by atoms with Crippen molar-refractivity contribution < 1.29 is 19.1 Å². The fraction of sp³-hybridized carbons (Fsp3) is 0.615. The second-order valence-electron chi connectivity index (χ2n) is 16.2. The van der Waals surface area contributed by atoms with Crippen LogP contribution in [-0.2, 0) is 9.47 Å². The van der Waals surface area contributed by atoms with E-state index in [-0.39, 0.29) is 0 Å². The Morgan fingerprint density at radius 1 is 0.397 bits per heavy atom. The van der Waals surface area contributed by atoms with E-state index >= 15 is 0 Å². The fourth-order valence-corrected chi connectivity index (χ4v) is 8.19. The monoisotopic (exact) mass is 797 g/mol. The van der Waals surface area contributed by atoms with Crippen LogP contribution in [0.1, 0.15) is 191 Å². The van der Waals surface area contributed by atoms with Gasteiger partial charge < -0.3 is 9.47 Å². The number of carbonyl (C=O) groups excluding carboxylic acids is 2. The number of hydrogen-bond donors (Lipinski definition) is 0. The molecule has 4 unspecified atom stereocenters. The van der Waals surface area contributed by atoms with Crippen LogP contribution in [0.4, 0.5) is 11.4 Å². The van der Waals surface area contributed by atoms with Crippen molar-refractivity contribution in [1.82, 2.24) is 0 Å². The Kier molecular flexibility index (Phi) is 28.7. The zero-order valence-corrected chi connectivity index (χ0v) is 37.5. The molecule has 0 amide bonds. The Morgan fingerprint density at radius 2 is 0.690 bits per heavy atom. The second kappa shape index (κ2) is 33.1. The van der Waals surface area contributed by atoms with Gasteiger partial charge in [-0.25, -0.2) is 9.59 Å². The van der Waals surface area contributed by atoms with E-state index in [1.165, 1.54) is 103 Å². The highest BCUT2D eigenvalue weighted by Gasteiger charge is 2.23. The van der Waals surface area contributed by atoms with Gasteiger partial charge in [0.25, 0.3) is 0 Å². The molecule has 0 aliphatic carbocycles. The summed E-state index contributed by atoms with van der Waals surface area (Å²) in [5.41, 5.74) is 2.37. The summed E-state index contributed by atoms with van der Waals surface area (Å²) in [6, 6.07) is 26.3. The maximum atomic E-state index is 13.1. The summed E-state index contributed by atoms with van der Waals surface area (Å²) in [6.45, 7) is 14.5. The van der Waals surface area contributed by atoms with Crippen LogP contribution in [-0.4, -0.2) is 25.2 Å². The number of benzene rings is 3. The Balaban J connectivity index is 0.000000685. The van der Waals surface area contributed by atoms with E-state index in [1.807, 2.05) is 60.7 Å². The molecule has 0 bridgehead atoms. The van der Waals surface area contributed by atoms with Crippen LogP contribution < -0.4 is 0 Å². The van der Waals surface area contributed by atoms with E-state index in [1.54, 1.807) is 24.3 Å². The number of hydrogen-bond acceptors (Lipinski definition) is 6. The van der Waals surface area contributed by atoms with Crippen LogP contribution in [0, 0.1) is 23.7 Å². The molecule has 0 fully saturated rings. The van der Waals surface area contributed by atoms with Gasteiger partial charge in [-0.3, -0.25) is 0 Å². The van der Waals surface area contributed by atoms with Gasteiger partial charge in [0.1, 0.15) is 0 Å². The molecule has 6 heteroatoms. The van der Waals surface area contributed by atoms with Crippen LogP contribution in [0.25, 0.3) is 0 Å². The van der Waals surface area contributed by atoms with Crippen molar-refractivity contribution in [2.75, 3.05) is 13.2 Å². The summed E-state index contributed by atoms with van der Waals surface area (Å²) in [6.07, 6.45) is 24.2. The van der Waals surface area contributed by atoms with Crippen LogP contribution >= 0.6 is 0 Å². The summed E-state index contributed by atoms with van der Waals surface area (Å²) in [5, 5.41) is 8.20. The van der Waals surface area contributed by atoms with Crippen molar-refractivity contribution in [3.63, 3.8) is 0 Å². The molecule has 0 saturated heterocycles. The number of rotatable bonds is 30. The Labute approximate surface area is 354 Å². The Bertz CT molecular complexity index is 1370. The highest BCUT2D eigenvalue weighted by atomic mass is 16.5. The lowest BCUT2D eigenvalue weighted by Gasteiger charge is -2.27. The molecule has 3 rings (SSSR count). The lowest BCUT2D eigenvalue weighted by atomic mass is 9.79. The third kappa shape index (κ3) is 21.3. The van der Waals surface area contributed by atoms with Crippen LogP contribution in [0.2, 0.25) is 0 Å². The van der Waals surface area contributed by atoms with Gasteiger partial charge in [0, 0.05) is 0 Å². The second-order valence-corrected chi connectivity index (χ2v) is 16.2. The Morgan fingerprint density at radius 3 is 1.00 bits per heavy atom. The molecule has 3 aromatic rings. The molecule has 0 N–H and O–H groups in total. The van der Waals surface area contributed by atoms with Gasteiger partial charge in [0.15, 0.2) is 0 Å². The molecule has 0 spiro atoms. The van der Waals surface area contributed by atoms with Crippen molar-refractivity contribution in [3.05, 3.63) is 96.1 Å². The Hall–Kier alpha value is -3.80. The molecular weight excluding hydrogens is 717 g/mol. The highest BCUT2D eigenvalue weighted by molar-refractivity contribution is 6.03. The fourth-order valence-electron chi connectivity index (χ4n) is 8.19. The van der Waals surface area contributed by atoms with Gasteiger partial charge in [0.2, 0.25) is 0 Å². The van der Waals surface area contributed by atoms with E-state index in [9.17, 15) is 9.59 Å². The average Bonchev–Trinajstić information content (AvgIpc) is 3.26. The van der Waals surface area contributed by atoms with E-state index in [0.29, 0.717) is 36.2 Å². The quantitative estimate of drug-likeness (QED) is 0.0382. The topological polar surface area (TPSA) is 77.3 Å². The summed E-state index contributed by atoms with van der Waals surface area (Å²) in [7, 11) is 0. The minimum Gasteiger partial charge on any atom is -0.462 e. The molecule has 58 heavy (non-hydrogen) atoms. The molecule has 0 aliphatic rings. The van der Waals surface area contributed by atoms with Crippen molar-refractivity contribution in [2.24, 2.45) is 33.9 Å². The standard InChI is InChI=1S/C40H70O4.C12H10N2/c1-7-13-23-33(21-11-5)35(25-15-9-3)27-19-31-43-39(41)37-29-17-18-30-38(37)40(42)44-32-20-28-36(26-16-10-4)34(22-12-6)24-14-8-2;1-3-7-11(8-4-1)13-14-12-9-5-2-6-10-12/h17-18,29-30,33-36H,7-16,19-28,31-32H2,1-6H3;1-10H. The maximum Gasteiger partial charge on any atom is 0.339 e. The first-order valence-electron chi connectivity index (χ1n) is 23.4. The summed E-state index contributed by atoms with van der Waals surface area (Å²) in [4.78, 5) is 26.2. The maximum absolute atomic E-state index is 13.1. The average molecular weight is 797 g/mol. The van der Waals surface area contributed by atoms with Crippen LogP contribution in [0.3, 0.4) is 0 Å². The van der Waals surface area contributed by atoms with Gasteiger partial charge >= 0.3 is 11.9 Å². The largest absolute Gasteiger partial charge is 0.462 e. The van der Waals surface area contributed by atoms with E-state index in [0.717, 1.165) is 48.9 Å². The van der Waals surface area contributed by atoms with E-state index in [4.69, 9.17) is 9.47 Å². The minimum absolute atomic E-state index is 0.315. The van der Waals surface area contributed by atoms with Crippen LogP contribution in [0.15, 0.2) is 95.2 Å². The molecule has 0 aliphatic heterocycles. The first-order chi connectivity index (χ1) is 28.4. The van der Waals surface area contributed by atoms with Gasteiger partial charge in [-0.1, -0.05) is 193 Å². The third-order valence-corrected chi connectivity index (χ3v) is 11.4. The minimum atomic E-state index is -0.420. The molecule has 0 aromatic heterocycles. The smallest absolute Gasteiger partial charge is 0.339 e. The molecule has 0 heterocycles. The lowest BCUT2D eigenvalue weighted by Crippen LogP contribution is -2.18. The van der Waals surface area contributed by atoms with E-state index in [2.05, 4.69) is 51.8 Å². The number of azo groups is 1. The predicted octanol–water partition coefficient (Wildman–Crippen LogP) is 16.5. The molecule has 0 radical (unpaired) electrons. The van der Waals surface area contributed by atoms with Gasteiger partial charge in [-0.05, 0) is 85.8 Å². The highest BCUT2D eigenvalue weighted by Crippen LogP contribution is 2.33. The molecule has 0 saturated carbocycles. The van der Waals surface area contributed by atoms with Gasteiger partial charge in [0.05, 0.1) is 35.7 Å². The van der Waals surface area contributed by atoms with Crippen molar-refractivity contribution in [3.8, 4) is 0 Å². The zero-order valence-electron chi connectivity index (χ0n) is 37.5. The van der Waals surface area contributed by atoms with Gasteiger partial charge in [-0.15, -0.1) is 0 Å². The molecule has 322 valence electrons. The number of carbonyl (C=O) groups is 2. The normalized spacial score (nSPS) is 13.3. The van der Waals surface area contributed by atoms with Crippen molar-refractivity contribution in [2.45, 2.75) is 170 Å². The van der Waals surface area contributed by atoms with Gasteiger partial charge in [-0.2, -0.15) is 10.2 Å². The number of esters is 2. The first kappa shape index (κ1) is 50.3. The first-order valence-corrected chi connectivity index (χ1v) is 23.4.